The average molecular weight is 200 g/mol. The molecule has 1 aliphatic carbocycles. The van der Waals surface area contributed by atoms with Crippen molar-refractivity contribution in [1.29, 1.82) is 0 Å². The summed E-state index contributed by atoms with van der Waals surface area (Å²) in [5, 5.41) is 0. The first kappa shape index (κ1) is 11.5. The van der Waals surface area contributed by atoms with Crippen LogP contribution in [0.1, 0.15) is 39.0 Å². The van der Waals surface area contributed by atoms with Gasteiger partial charge in [0, 0.05) is 5.92 Å². The van der Waals surface area contributed by atoms with E-state index in [9.17, 15) is 4.79 Å². The molecule has 1 atom stereocenters. The maximum Gasteiger partial charge on any atom is 0.246 e. The van der Waals surface area contributed by atoms with Gasteiger partial charge in [-0.2, -0.15) is 0 Å². The van der Waals surface area contributed by atoms with Crippen molar-refractivity contribution < 1.29 is 9.63 Å². The largest absolute Gasteiger partial charge is 0.330 e. The number of nitrogens with one attached hydrogen (secondary N) is 1. The molecule has 0 radical (unpaired) electrons. The number of amides is 1. The Hall–Kier alpha value is -0.610. The molecule has 0 aliphatic heterocycles. The highest BCUT2D eigenvalue weighted by molar-refractivity contribution is 5.77. The van der Waals surface area contributed by atoms with E-state index in [2.05, 4.69) is 5.48 Å². The van der Waals surface area contributed by atoms with E-state index in [-0.39, 0.29) is 17.9 Å². The van der Waals surface area contributed by atoms with Gasteiger partial charge >= 0.3 is 0 Å². The predicted octanol–water partition coefficient (Wildman–Crippen LogP) is 0.962. The predicted molar refractivity (Wildman–Crippen MR) is 54.3 cm³/mol. The van der Waals surface area contributed by atoms with E-state index in [1.807, 2.05) is 6.92 Å². The minimum absolute atomic E-state index is 0.0534. The van der Waals surface area contributed by atoms with Gasteiger partial charge in [0.15, 0.2) is 0 Å². The van der Waals surface area contributed by atoms with E-state index in [0.717, 1.165) is 12.8 Å². The number of hydroxylamine groups is 1. The summed E-state index contributed by atoms with van der Waals surface area (Å²) in [6, 6.07) is 0. The maximum absolute atomic E-state index is 11.4. The van der Waals surface area contributed by atoms with Crippen molar-refractivity contribution in [2.45, 2.75) is 45.1 Å². The van der Waals surface area contributed by atoms with E-state index >= 15 is 0 Å². The zero-order chi connectivity index (χ0) is 10.4. The molecule has 0 aromatic heterocycles. The van der Waals surface area contributed by atoms with Gasteiger partial charge in [0.1, 0.15) is 0 Å². The summed E-state index contributed by atoms with van der Waals surface area (Å²) < 4.78 is 0. The summed E-state index contributed by atoms with van der Waals surface area (Å²) in [5.74, 6) is -0.108. The van der Waals surface area contributed by atoms with E-state index < -0.39 is 0 Å². The van der Waals surface area contributed by atoms with Crippen molar-refractivity contribution >= 4 is 5.91 Å². The normalized spacial score (nSPS) is 19.6. The summed E-state index contributed by atoms with van der Waals surface area (Å²) in [5.41, 5.74) is 7.88. The van der Waals surface area contributed by atoms with Crippen molar-refractivity contribution in [3.63, 3.8) is 0 Å². The number of rotatable bonds is 5. The highest BCUT2D eigenvalue weighted by Gasteiger charge is 2.18. The van der Waals surface area contributed by atoms with Crippen LogP contribution in [0.4, 0.5) is 0 Å². The Balaban J connectivity index is 2.13. The van der Waals surface area contributed by atoms with Gasteiger partial charge in [0.25, 0.3) is 0 Å². The molecule has 3 N–H and O–H groups in total. The average Bonchev–Trinajstić information content (AvgIpc) is 2.67. The molecule has 1 rings (SSSR count). The Morgan fingerprint density at radius 2 is 2.21 bits per heavy atom. The lowest BCUT2D eigenvalue weighted by Crippen LogP contribution is -2.33. The zero-order valence-corrected chi connectivity index (χ0v) is 8.79. The van der Waals surface area contributed by atoms with Gasteiger partial charge in [0.2, 0.25) is 5.91 Å². The minimum atomic E-state index is -0.0543. The summed E-state index contributed by atoms with van der Waals surface area (Å²) in [6.45, 7) is 2.40. The van der Waals surface area contributed by atoms with Gasteiger partial charge in [0.05, 0.1) is 6.10 Å². The second-order valence-corrected chi connectivity index (χ2v) is 3.97. The SMILES string of the molecule is CC(CCN)C(=O)NOC1CCCC1. The zero-order valence-electron chi connectivity index (χ0n) is 8.79. The molecule has 14 heavy (non-hydrogen) atoms. The topological polar surface area (TPSA) is 64.4 Å². The summed E-state index contributed by atoms with van der Waals surface area (Å²) in [7, 11) is 0. The molecule has 1 fully saturated rings. The number of nitrogens with two attached hydrogens (primary N) is 1. The molecule has 4 nitrogen and oxygen atoms in total. The smallest absolute Gasteiger partial charge is 0.246 e. The molecule has 1 aliphatic rings. The monoisotopic (exact) mass is 200 g/mol. The standard InChI is InChI=1S/C10H20N2O2/c1-8(6-7-11)10(13)12-14-9-4-2-3-5-9/h8-9H,2-7,11H2,1H3,(H,12,13). The van der Waals surface area contributed by atoms with Crippen LogP contribution in [-0.2, 0) is 9.63 Å². The highest BCUT2D eigenvalue weighted by Crippen LogP contribution is 2.19. The number of hydrogen-bond acceptors (Lipinski definition) is 3. The number of carbonyl (C=O) groups is 1. The molecule has 0 bridgehead atoms. The molecule has 0 spiro atoms. The third kappa shape index (κ3) is 3.64. The Bertz CT molecular complexity index is 179. The van der Waals surface area contributed by atoms with Crippen molar-refractivity contribution in [1.82, 2.24) is 5.48 Å². The van der Waals surface area contributed by atoms with Gasteiger partial charge in [-0.15, -0.1) is 0 Å². The van der Waals surface area contributed by atoms with Crippen LogP contribution in [0.15, 0.2) is 0 Å². The quantitative estimate of drug-likeness (QED) is 0.650. The molecule has 1 amide bonds. The van der Waals surface area contributed by atoms with Crippen LogP contribution in [0.3, 0.4) is 0 Å². The van der Waals surface area contributed by atoms with E-state index in [4.69, 9.17) is 10.6 Å². The summed E-state index contributed by atoms with van der Waals surface area (Å²) in [6.07, 6.45) is 5.47. The maximum atomic E-state index is 11.4. The first-order chi connectivity index (χ1) is 6.74. The van der Waals surface area contributed by atoms with Gasteiger partial charge < -0.3 is 5.73 Å². The molecule has 0 saturated heterocycles. The third-order valence-electron chi connectivity index (χ3n) is 2.68. The molecule has 0 heterocycles. The first-order valence-electron chi connectivity index (χ1n) is 5.39. The van der Waals surface area contributed by atoms with Gasteiger partial charge in [-0.1, -0.05) is 19.8 Å². The van der Waals surface area contributed by atoms with Crippen molar-refractivity contribution in [3.05, 3.63) is 0 Å². The Labute approximate surface area is 85.1 Å². The summed E-state index contributed by atoms with van der Waals surface area (Å²) >= 11 is 0. The molecular weight excluding hydrogens is 180 g/mol. The van der Waals surface area contributed by atoms with Crippen LogP contribution in [0, 0.1) is 5.92 Å². The fourth-order valence-electron chi connectivity index (χ4n) is 1.63. The molecule has 82 valence electrons. The molecule has 0 aromatic rings. The minimum Gasteiger partial charge on any atom is -0.330 e. The second-order valence-electron chi connectivity index (χ2n) is 3.97. The fraction of sp³-hybridized carbons (Fsp3) is 0.900. The molecule has 4 heteroatoms. The van der Waals surface area contributed by atoms with E-state index in [1.165, 1.54) is 12.8 Å². The van der Waals surface area contributed by atoms with E-state index in [1.54, 1.807) is 0 Å². The lowest BCUT2D eigenvalue weighted by molar-refractivity contribution is -0.142. The lowest BCUT2D eigenvalue weighted by Gasteiger charge is -2.14. The third-order valence-corrected chi connectivity index (χ3v) is 2.68. The van der Waals surface area contributed by atoms with Crippen LogP contribution in [0.25, 0.3) is 0 Å². The van der Waals surface area contributed by atoms with Crippen LogP contribution >= 0.6 is 0 Å². The van der Waals surface area contributed by atoms with Crippen LogP contribution in [0.2, 0.25) is 0 Å². The van der Waals surface area contributed by atoms with Crippen LogP contribution in [0.5, 0.6) is 0 Å². The highest BCUT2D eigenvalue weighted by atomic mass is 16.7. The first-order valence-corrected chi connectivity index (χ1v) is 5.39. The fourth-order valence-corrected chi connectivity index (χ4v) is 1.63. The Morgan fingerprint density at radius 3 is 2.79 bits per heavy atom. The van der Waals surface area contributed by atoms with Gasteiger partial charge in [-0.25, -0.2) is 5.48 Å². The molecule has 1 unspecified atom stereocenters. The Morgan fingerprint density at radius 1 is 1.57 bits per heavy atom. The Kier molecular flexibility index (Phi) is 4.90. The van der Waals surface area contributed by atoms with Gasteiger partial charge in [-0.05, 0) is 25.8 Å². The summed E-state index contributed by atoms with van der Waals surface area (Å²) in [4.78, 5) is 16.7. The number of hydrogen-bond donors (Lipinski definition) is 2. The van der Waals surface area contributed by atoms with Crippen molar-refractivity contribution in [3.8, 4) is 0 Å². The lowest BCUT2D eigenvalue weighted by atomic mass is 10.1. The van der Waals surface area contributed by atoms with Crippen LogP contribution in [-0.4, -0.2) is 18.6 Å². The van der Waals surface area contributed by atoms with Gasteiger partial charge in [-0.3, -0.25) is 9.63 Å². The van der Waals surface area contributed by atoms with Crippen LogP contribution < -0.4 is 11.2 Å². The van der Waals surface area contributed by atoms with E-state index in [0.29, 0.717) is 13.0 Å². The second kappa shape index (κ2) is 5.98. The number of carbonyl (C=O) groups excluding carboxylic acids is 1. The van der Waals surface area contributed by atoms with Crippen molar-refractivity contribution in [2.24, 2.45) is 11.7 Å². The molecule has 1 saturated carbocycles. The molecule has 0 aromatic carbocycles. The molecular formula is C10H20N2O2. The van der Waals surface area contributed by atoms with Crippen molar-refractivity contribution in [2.75, 3.05) is 6.54 Å².